The minimum Gasteiger partial charge on any atom is -0.394 e. The largest absolute Gasteiger partial charge is 0.394 e. The van der Waals surface area contributed by atoms with Gasteiger partial charge >= 0.3 is 0 Å². The van der Waals surface area contributed by atoms with E-state index in [-0.39, 0.29) is 0 Å². The molecular weight excluding hydrogens is 230 g/mol. The summed E-state index contributed by atoms with van der Waals surface area (Å²) in [7, 11) is 0. The van der Waals surface area contributed by atoms with Crippen molar-refractivity contribution in [1.29, 1.82) is 0 Å². The smallest absolute Gasteiger partial charge is 0.107 e. The van der Waals surface area contributed by atoms with Crippen LogP contribution in [0.25, 0.3) is 0 Å². The number of hydrogen-bond donors (Lipinski definition) is 4. The van der Waals surface area contributed by atoms with Gasteiger partial charge in [0, 0.05) is 0 Å². The van der Waals surface area contributed by atoms with E-state index in [2.05, 4.69) is 5.32 Å². The first-order valence-electron chi connectivity index (χ1n) is 6.50. The zero-order valence-electron chi connectivity index (χ0n) is 10.4. The molecule has 0 aliphatic carbocycles. The Bertz CT molecular complexity index is 339. The fourth-order valence-corrected chi connectivity index (χ4v) is 2.44. The maximum atomic E-state index is 9.77. The van der Waals surface area contributed by atoms with Crippen LogP contribution in [0.15, 0.2) is 24.3 Å². The zero-order valence-corrected chi connectivity index (χ0v) is 10.4. The van der Waals surface area contributed by atoms with E-state index in [0.717, 1.165) is 25.9 Å². The first-order chi connectivity index (χ1) is 8.72. The quantitative estimate of drug-likeness (QED) is 0.630. The molecule has 4 N–H and O–H groups in total. The van der Waals surface area contributed by atoms with Gasteiger partial charge in [-0.15, -0.1) is 0 Å². The van der Waals surface area contributed by atoms with E-state index >= 15 is 0 Å². The summed E-state index contributed by atoms with van der Waals surface area (Å²) < 4.78 is 0. The molecule has 4 heteroatoms. The predicted molar refractivity (Wildman–Crippen MR) is 69.3 cm³/mol. The van der Waals surface area contributed by atoms with E-state index in [4.69, 9.17) is 5.11 Å². The monoisotopic (exact) mass is 251 g/mol. The van der Waals surface area contributed by atoms with Gasteiger partial charge < -0.3 is 20.6 Å². The molecule has 0 spiro atoms. The molecule has 4 nitrogen and oxygen atoms in total. The molecule has 1 aliphatic rings. The summed E-state index contributed by atoms with van der Waals surface area (Å²) in [4.78, 5) is 0. The molecule has 2 rings (SSSR count). The van der Waals surface area contributed by atoms with Crippen LogP contribution in [0.1, 0.15) is 36.0 Å². The van der Waals surface area contributed by atoms with Gasteiger partial charge in [0.2, 0.25) is 0 Å². The minimum atomic E-state index is -1.12. The molecule has 2 unspecified atom stereocenters. The van der Waals surface area contributed by atoms with Gasteiger partial charge in [0.1, 0.15) is 12.2 Å². The van der Waals surface area contributed by atoms with Crippen molar-refractivity contribution >= 4 is 0 Å². The molecule has 0 bridgehead atoms. The third kappa shape index (κ3) is 3.09. The molecule has 1 saturated heterocycles. The Labute approximate surface area is 107 Å². The minimum absolute atomic E-state index is 0.433. The number of nitrogens with one attached hydrogen (secondary N) is 1. The summed E-state index contributed by atoms with van der Waals surface area (Å²) in [6.07, 6.45) is 0.147. The molecule has 100 valence electrons. The summed E-state index contributed by atoms with van der Waals surface area (Å²) in [6.45, 7) is 1.67. The van der Waals surface area contributed by atoms with Gasteiger partial charge in [-0.3, -0.25) is 0 Å². The van der Waals surface area contributed by atoms with Crippen LogP contribution in [-0.4, -0.2) is 41.1 Å². The number of aliphatic hydroxyl groups excluding tert-OH is 3. The lowest BCUT2D eigenvalue weighted by atomic mass is 9.89. The molecule has 18 heavy (non-hydrogen) atoms. The van der Waals surface area contributed by atoms with Gasteiger partial charge in [0.15, 0.2) is 0 Å². The lowest BCUT2D eigenvalue weighted by molar-refractivity contribution is -0.0152. The fraction of sp³-hybridized carbons (Fsp3) is 0.571. The van der Waals surface area contributed by atoms with Crippen molar-refractivity contribution in [3.05, 3.63) is 35.4 Å². The predicted octanol–water partition coefficient (Wildman–Crippen LogP) is 0.540. The van der Waals surface area contributed by atoms with Crippen LogP contribution in [0.4, 0.5) is 0 Å². The third-order valence-electron chi connectivity index (χ3n) is 3.64. The van der Waals surface area contributed by atoms with Crippen LogP contribution in [-0.2, 0) is 0 Å². The Kier molecular flexibility index (Phi) is 4.72. The highest BCUT2D eigenvalue weighted by molar-refractivity contribution is 5.27. The standard InChI is InChI=1S/C14H21NO3/c16-9-13(17)14(18)12-3-1-10(2-4-12)11-5-7-15-8-6-11/h1-4,11,13-18H,5-9H2. The highest BCUT2D eigenvalue weighted by atomic mass is 16.4. The van der Waals surface area contributed by atoms with E-state index in [1.54, 1.807) is 0 Å². The Morgan fingerprint density at radius 3 is 2.28 bits per heavy atom. The fourth-order valence-electron chi connectivity index (χ4n) is 2.44. The third-order valence-corrected chi connectivity index (χ3v) is 3.64. The van der Waals surface area contributed by atoms with Gasteiger partial charge in [-0.25, -0.2) is 0 Å². The lowest BCUT2D eigenvalue weighted by Crippen LogP contribution is -2.26. The normalized spacial score (nSPS) is 20.6. The van der Waals surface area contributed by atoms with Crippen molar-refractivity contribution in [2.24, 2.45) is 0 Å². The van der Waals surface area contributed by atoms with Crippen LogP contribution in [0, 0.1) is 0 Å². The van der Waals surface area contributed by atoms with Gasteiger partial charge in [-0.2, -0.15) is 0 Å². The van der Waals surface area contributed by atoms with Crippen LogP contribution in [0.3, 0.4) is 0 Å². The molecule has 1 aromatic rings. The maximum Gasteiger partial charge on any atom is 0.107 e. The second-order valence-electron chi connectivity index (χ2n) is 4.89. The Morgan fingerprint density at radius 1 is 1.11 bits per heavy atom. The molecule has 0 aromatic heterocycles. The Morgan fingerprint density at radius 2 is 1.72 bits per heavy atom. The summed E-state index contributed by atoms with van der Waals surface area (Å²) in [5.41, 5.74) is 1.93. The molecule has 1 fully saturated rings. The van der Waals surface area contributed by atoms with Crippen molar-refractivity contribution in [2.45, 2.75) is 31.0 Å². The first-order valence-corrected chi connectivity index (χ1v) is 6.50. The molecular formula is C14H21NO3. The van der Waals surface area contributed by atoms with Gasteiger partial charge in [-0.1, -0.05) is 24.3 Å². The molecule has 0 radical (unpaired) electrons. The highest BCUT2D eigenvalue weighted by Crippen LogP contribution is 2.26. The number of piperidine rings is 1. The van der Waals surface area contributed by atoms with Crippen molar-refractivity contribution in [1.82, 2.24) is 5.32 Å². The summed E-state index contributed by atoms with van der Waals surface area (Å²) in [5.74, 6) is 0.584. The second kappa shape index (κ2) is 6.29. The SMILES string of the molecule is OCC(O)C(O)c1ccc(C2CCNCC2)cc1. The summed E-state index contributed by atoms with van der Waals surface area (Å²) in [5, 5.41) is 31.3. The topological polar surface area (TPSA) is 72.7 Å². The molecule has 2 atom stereocenters. The van der Waals surface area contributed by atoms with Crippen LogP contribution in [0.5, 0.6) is 0 Å². The summed E-state index contributed by atoms with van der Waals surface area (Å²) in [6, 6.07) is 7.69. The van der Waals surface area contributed by atoms with Gasteiger partial charge in [0.05, 0.1) is 6.61 Å². The van der Waals surface area contributed by atoms with E-state index in [0.29, 0.717) is 11.5 Å². The molecule has 1 aliphatic heterocycles. The Balaban J connectivity index is 2.04. The first kappa shape index (κ1) is 13.5. The number of aliphatic hydroxyl groups is 3. The van der Waals surface area contributed by atoms with Crippen LogP contribution >= 0.6 is 0 Å². The van der Waals surface area contributed by atoms with E-state index in [1.165, 1.54) is 5.56 Å². The van der Waals surface area contributed by atoms with Crippen molar-refractivity contribution in [3.8, 4) is 0 Å². The molecule has 0 saturated carbocycles. The summed E-state index contributed by atoms with van der Waals surface area (Å²) >= 11 is 0. The lowest BCUT2D eigenvalue weighted by Gasteiger charge is -2.23. The van der Waals surface area contributed by atoms with Crippen LogP contribution < -0.4 is 5.32 Å². The Hall–Kier alpha value is -0.940. The van der Waals surface area contributed by atoms with E-state index in [1.807, 2.05) is 24.3 Å². The van der Waals surface area contributed by atoms with Gasteiger partial charge in [0.25, 0.3) is 0 Å². The maximum absolute atomic E-state index is 9.77. The molecule has 1 aromatic carbocycles. The van der Waals surface area contributed by atoms with Crippen molar-refractivity contribution < 1.29 is 15.3 Å². The molecule has 0 amide bonds. The van der Waals surface area contributed by atoms with Crippen LogP contribution in [0.2, 0.25) is 0 Å². The average molecular weight is 251 g/mol. The van der Waals surface area contributed by atoms with E-state index < -0.39 is 18.8 Å². The highest BCUT2D eigenvalue weighted by Gasteiger charge is 2.19. The molecule has 1 heterocycles. The average Bonchev–Trinajstić information content (AvgIpc) is 2.47. The number of rotatable bonds is 4. The van der Waals surface area contributed by atoms with E-state index in [9.17, 15) is 10.2 Å². The number of benzene rings is 1. The zero-order chi connectivity index (χ0) is 13.0. The number of hydrogen-bond acceptors (Lipinski definition) is 4. The van der Waals surface area contributed by atoms with Crippen molar-refractivity contribution in [2.75, 3.05) is 19.7 Å². The van der Waals surface area contributed by atoms with Crippen molar-refractivity contribution in [3.63, 3.8) is 0 Å². The van der Waals surface area contributed by atoms with Gasteiger partial charge in [-0.05, 0) is 43.0 Å². The second-order valence-corrected chi connectivity index (χ2v) is 4.89.